The molecule has 0 aliphatic rings. The zero-order chi connectivity index (χ0) is 22.2. The minimum atomic E-state index is -0.176. The van der Waals surface area contributed by atoms with E-state index in [1.165, 1.54) is 0 Å². The molecule has 3 rings (SSSR count). The number of carbonyl (C=O) groups is 1. The molecular weight excluding hydrogens is 388 g/mol. The van der Waals surface area contributed by atoms with Crippen molar-refractivity contribution in [3.8, 4) is 11.8 Å². The van der Waals surface area contributed by atoms with Crippen LogP contribution in [0.15, 0.2) is 65.8 Å². The number of carbonyl (C=O) groups excluding carboxylic acids is 1. The van der Waals surface area contributed by atoms with Gasteiger partial charge in [-0.3, -0.25) is 9.79 Å². The summed E-state index contributed by atoms with van der Waals surface area (Å²) in [4.78, 5) is 25.6. The van der Waals surface area contributed by atoms with Gasteiger partial charge in [0.2, 0.25) is 0 Å². The number of benzene rings is 2. The maximum absolute atomic E-state index is 12.6. The minimum absolute atomic E-state index is 0. The van der Waals surface area contributed by atoms with Gasteiger partial charge >= 0.3 is 6.01 Å². The number of ether oxygens (including phenoxy) is 1. The topological polar surface area (TPSA) is 76.5 Å². The first-order valence-electron chi connectivity index (χ1n) is 10.2. The van der Waals surface area contributed by atoms with Crippen LogP contribution >= 0.6 is 0 Å². The van der Waals surface area contributed by atoms with Crippen LogP contribution in [0.5, 0.6) is 11.8 Å². The van der Waals surface area contributed by atoms with Crippen molar-refractivity contribution in [2.45, 2.75) is 27.7 Å². The summed E-state index contributed by atoms with van der Waals surface area (Å²) in [5.41, 5.74) is 4.79. The van der Waals surface area contributed by atoms with Gasteiger partial charge in [0.1, 0.15) is 5.75 Å². The van der Waals surface area contributed by atoms with E-state index in [4.69, 9.17) is 4.74 Å². The molecule has 3 aromatic rings. The van der Waals surface area contributed by atoms with E-state index >= 15 is 0 Å². The third kappa shape index (κ3) is 5.85. The number of rotatable bonds is 7. The van der Waals surface area contributed by atoms with Gasteiger partial charge in [0, 0.05) is 43.3 Å². The first-order valence-corrected chi connectivity index (χ1v) is 10.2. The number of anilines is 1. The van der Waals surface area contributed by atoms with E-state index in [0.29, 0.717) is 23.5 Å². The molecule has 160 valence electrons. The molecule has 6 nitrogen and oxygen atoms in total. The first kappa shape index (κ1) is 21.9. The predicted molar refractivity (Wildman–Crippen MR) is 127 cm³/mol. The molecule has 0 aliphatic carbocycles. The van der Waals surface area contributed by atoms with Crippen LogP contribution in [-0.4, -0.2) is 28.6 Å². The lowest BCUT2D eigenvalue weighted by atomic mass is 10.1. The lowest BCUT2D eigenvalue weighted by Gasteiger charge is -2.11. The summed E-state index contributed by atoms with van der Waals surface area (Å²) in [5.74, 6) is 0.396. The summed E-state index contributed by atoms with van der Waals surface area (Å²) >= 11 is 0. The smallest absolute Gasteiger partial charge is 0.322 e. The highest BCUT2D eigenvalue weighted by atomic mass is 16.5. The summed E-state index contributed by atoms with van der Waals surface area (Å²) in [6.07, 6.45) is 5.39. The molecule has 0 bridgehead atoms. The van der Waals surface area contributed by atoms with Crippen molar-refractivity contribution in [2.75, 3.05) is 11.9 Å². The Morgan fingerprint density at radius 3 is 2.77 bits per heavy atom. The number of nitrogens with zero attached hydrogens (tertiary/aromatic N) is 3. The molecule has 0 spiro atoms. The van der Waals surface area contributed by atoms with E-state index in [2.05, 4.69) is 20.3 Å². The second kappa shape index (κ2) is 10.3. The standard InChI is InChI=1S/C25H26N4O2.H2/c1-5-19(16-26-6-2)22-12-13-27-25(29-22)31-23-15-21(11-10-18(23)4)28-24(30)20-9-7-8-17(3)14-20;/h5,7-16H,6H2,1-4H3,(H,28,30);1H/b19-5+,26-16?;. The van der Waals surface area contributed by atoms with Gasteiger partial charge in [-0.1, -0.05) is 29.8 Å². The molecule has 2 aromatic carbocycles. The predicted octanol–water partition coefficient (Wildman–Crippen LogP) is 5.88. The maximum atomic E-state index is 12.6. The molecule has 0 unspecified atom stereocenters. The Labute approximate surface area is 184 Å². The number of amides is 1. The molecule has 0 saturated heterocycles. The highest BCUT2D eigenvalue weighted by molar-refractivity contribution is 6.08. The normalized spacial score (nSPS) is 11.5. The van der Waals surface area contributed by atoms with Crippen LogP contribution < -0.4 is 10.1 Å². The molecule has 1 N–H and O–H groups in total. The van der Waals surface area contributed by atoms with Crippen LogP contribution in [0.4, 0.5) is 5.69 Å². The van der Waals surface area contributed by atoms with Gasteiger partial charge in [0.05, 0.1) is 5.69 Å². The summed E-state index contributed by atoms with van der Waals surface area (Å²) in [5, 5.41) is 2.91. The number of aliphatic imine (C=N–C) groups is 1. The van der Waals surface area contributed by atoms with E-state index in [-0.39, 0.29) is 13.3 Å². The van der Waals surface area contributed by atoms with E-state index in [0.717, 1.165) is 22.4 Å². The Balaban J connectivity index is 0.00000363. The summed E-state index contributed by atoms with van der Waals surface area (Å²) < 4.78 is 5.95. The van der Waals surface area contributed by atoms with E-state index < -0.39 is 0 Å². The van der Waals surface area contributed by atoms with Crippen LogP contribution in [0.3, 0.4) is 0 Å². The Bertz CT molecular complexity index is 1140. The molecule has 0 radical (unpaired) electrons. The van der Waals surface area contributed by atoms with Crippen LogP contribution in [0.25, 0.3) is 5.57 Å². The van der Waals surface area contributed by atoms with Gasteiger partial charge in [-0.05, 0) is 57.5 Å². The molecule has 1 heterocycles. The molecule has 1 aromatic heterocycles. The second-order valence-electron chi connectivity index (χ2n) is 7.00. The lowest BCUT2D eigenvalue weighted by molar-refractivity contribution is 0.102. The van der Waals surface area contributed by atoms with Crippen molar-refractivity contribution in [1.29, 1.82) is 0 Å². The molecule has 0 saturated carbocycles. The summed E-state index contributed by atoms with van der Waals surface area (Å²) in [6.45, 7) is 8.49. The summed E-state index contributed by atoms with van der Waals surface area (Å²) in [7, 11) is 0. The van der Waals surface area contributed by atoms with Gasteiger partial charge < -0.3 is 10.1 Å². The minimum Gasteiger partial charge on any atom is -0.424 e. The average molecular weight is 417 g/mol. The second-order valence-corrected chi connectivity index (χ2v) is 7.00. The van der Waals surface area contributed by atoms with Gasteiger partial charge in [0.15, 0.2) is 0 Å². The molecule has 0 fully saturated rings. The van der Waals surface area contributed by atoms with Crippen molar-refractivity contribution in [1.82, 2.24) is 9.97 Å². The SMILES string of the molecule is C/C=C(\C=NCC)c1ccnc(Oc2cc(NC(=O)c3cccc(C)c3)ccc2C)n1.[HH]. The molecule has 31 heavy (non-hydrogen) atoms. The van der Waals surface area contributed by atoms with Crippen molar-refractivity contribution in [2.24, 2.45) is 4.99 Å². The molecule has 1 amide bonds. The average Bonchev–Trinajstić information content (AvgIpc) is 2.77. The Morgan fingerprint density at radius 1 is 1.19 bits per heavy atom. The Hall–Kier alpha value is -3.80. The fraction of sp³-hybridized carbons (Fsp3) is 0.200. The third-order valence-corrected chi connectivity index (χ3v) is 4.58. The van der Waals surface area contributed by atoms with E-state index in [1.54, 1.807) is 24.5 Å². The van der Waals surface area contributed by atoms with Gasteiger partial charge in [-0.25, -0.2) is 4.98 Å². The zero-order valence-electron chi connectivity index (χ0n) is 18.2. The number of allylic oxidation sites excluding steroid dienone is 2. The van der Waals surface area contributed by atoms with Crippen molar-refractivity contribution in [3.63, 3.8) is 0 Å². The number of nitrogens with one attached hydrogen (secondary N) is 1. The largest absolute Gasteiger partial charge is 0.424 e. The zero-order valence-corrected chi connectivity index (χ0v) is 18.2. The Morgan fingerprint density at radius 2 is 2.03 bits per heavy atom. The van der Waals surface area contributed by atoms with Crippen LogP contribution in [0.2, 0.25) is 0 Å². The van der Waals surface area contributed by atoms with Gasteiger partial charge in [-0.15, -0.1) is 0 Å². The molecule has 0 aliphatic heterocycles. The lowest BCUT2D eigenvalue weighted by Crippen LogP contribution is -2.12. The van der Waals surface area contributed by atoms with Crippen molar-refractivity contribution < 1.29 is 11.0 Å². The molecule has 0 atom stereocenters. The first-order chi connectivity index (χ1) is 15.0. The van der Waals surface area contributed by atoms with Crippen LogP contribution in [0, 0.1) is 13.8 Å². The highest BCUT2D eigenvalue weighted by Gasteiger charge is 2.11. The van der Waals surface area contributed by atoms with Gasteiger partial charge in [0.25, 0.3) is 5.91 Å². The summed E-state index contributed by atoms with van der Waals surface area (Å²) in [6, 6.07) is 15.0. The maximum Gasteiger partial charge on any atom is 0.322 e. The fourth-order valence-corrected chi connectivity index (χ4v) is 2.90. The molecular formula is C25H28N4O2. The number of hydrogen-bond acceptors (Lipinski definition) is 5. The van der Waals surface area contributed by atoms with Crippen LogP contribution in [0.1, 0.15) is 42.5 Å². The fourth-order valence-electron chi connectivity index (χ4n) is 2.90. The van der Waals surface area contributed by atoms with E-state index in [1.807, 2.05) is 70.2 Å². The number of aromatic nitrogens is 2. The Kier molecular flexibility index (Phi) is 7.27. The number of aryl methyl sites for hydroxylation is 2. The monoisotopic (exact) mass is 416 g/mol. The van der Waals surface area contributed by atoms with Gasteiger partial charge in [-0.2, -0.15) is 4.98 Å². The molecule has 6 heteroatoms. The quantitative estimate of drug-likeness (QED) is 0.488. The highest BCUT2D eigenvalue weighted by Crippen LogP contribution is 2.27. The van der Waals surface area contributed by atoms with Crippen molar-refractivity contribution in [3.05, 3.63) is 83.2 Å². The third-order valence-electron chi connectivity index (χ3n) is 4.58. The van der Waals surface area contributed by atoms with Crippen LogP contribution in [-0.2, 0) is 0 Å². The van der Waals surface area contributed by atoms with E-state index in [9.17, 15) is 4.79 Å². The van der Waals surface area contributed by atoms with Crippen molar-refractivity contribution >= 4 is 23.4 Å². The number of hydrogen-bond donors (Lipinski definition) is 1.